The lowest BCUT2D eigenvalue weighted by atomic mass is 10.3. The van der Waals surface area contributed by atoms with E-state index in [0.29, 0.717) is 32.1 Å². The SMILES string of the molecule is CCCc1nc(NC[C@H]2CN(S(C)(=O)=O)CCO2)c2cnn(C)c2n1. The van der Waals surface area contributed by atoms with Crippen LogP contribution in [0.1, 0.15) is 19.2 Å². The minimum absolute atomic E-state index is 0.222. The van der Waals surface area contributed by atoms with Crippen molar-refractivity contribution < 1.29 is 13.2 Å². The number of nitrogens with zero attached hydrogens (tertiary/aromatic N) is 5. The molecule has 0 bridgehead atoms. The molecular weight excluding hydrogens is 344 g/mol. The van der Waals surface area contributed by atoms with Crippen molar-refractivity contribution in [3.05, 3.63) is 12.0 Å². The number of sulfonamides is 1. The fraction of sp³-hybridized carbons (Fsp3) is 0.667. The molecule has 1 N–H and O–H groups in total. The molecule has 25 heavy (non-hydrogen) atoms. The monoisotopic (exact) mass is 368 g/mol. The summed E-state index contributed by atoms with van der Waals surface area (Å²) < 4.78 is 32.3. The van der Waals surface area contributed by atoms with Gasteiger partial charge in [-0.25, -0.2) is 18.4 Å². The van der Waals surface area contributed by atoms with Crippen LogP contribution in [-0.2, 0) is 28.2 Å². The predicted molar refractivity (Wildman–Crippen MR) is 94.9 cm³/mol. The highest BCUT2D eigenvalue weighted by Gasteiger charge is 2.26. The van der Waals surface area contributed by atoms with Crippen molar-refractivity contribution in [2.45, 2.75) is 25.9 Å². The Morgan fingerprint density at radius 2 is 2.20 bits per heavy atom. The number of hydrogen-bond acceptors (Lipinski definition) is 7. The number of anilines is 1. The summed E-state index contributed by atoms with van der Waals surface area (Å²) in [6, 6.07) is 0. The Balaban J connectivity index is 1.76. The van der Waals surface area contributed by atoms with Crippen LogP contribution >= 0.6 is 0 Å². The first-order valence-electron chi connectivity index (χ1n) is 8.37. The number of morpholine rings is 1. The first-order valence-corrected chi connectivity index (χ1v) is 10.2. The van der Waals surface area contributed by atoms with Gasteiger partial charge in [0, 0.05) is 33.1 Å². The smallest absolute Gasteiger partial charge is 0.211 e. The van der Waals surface area contributed by atoms with Crippen LogP contribution in [0.3, 0.4) is 0 Å². The van der Waals surface area contributed by atoms with Crippen molar-refractivity contribution in [1.82, 2.24) is 24.1 Å². The Morgan fingerprint density at radius 1 is 1.40 bits per heavy atom. The molecule has 138 valence electrons. The molecule has 1 atom stereocenters. The van der Waals surface area contributed by atoms with E-state index in [4.69, 9.17) is 4.74 Å². The molecule has 1 fully saturated rings. The lowest BCUT2D eigenvalue weighted by Crippen LogP contribution is -2.47. The molecule has 2 aromatic heterocycles. The van der Waals surface area contributed by atoms with E-state index in [2.05, 4.69) is 27.3 Å². The van der Waals surface area contributed by atoms with E-state index >= 15 is 0 Å². The van der Waals surface area contributed by atoms with Crippen molar-refractivity contribution in [3.8, 4) is 0 Å². The largest absolute Gasteiger partial charge is 0.374 e. The molecule has 1 saturated heterocycles. The van der Waals surface area contributed by atoms with Gasteiger partial charge >= 0.3 is 0 Å². The van der Waals surface area contributed by atoms with Gasteiger partial charge in [-0.15, -0.1) is 0 Å². The van der Waals surface area contributed by atoms with Crippen LogP contribution in [0.2, 0.25) is 0 Å². The second-order valence-electron chi connectivity index (χ2n) is 6.24. The molecule has 3 heterocycles. The lowest BCUT2D eigenvalue weighted by molar-refractivity contribution is 0.00702. The second-order valence-corrected chi connectivity index (χ2v) is 8.22. The van der Waals surface area contributed by atoms with E-state index in [1.165, 1.54) is 10.6 Å². The number of hydrogen-bond donors (Lipinski definition) is 1. The molecule has 9 nitrogen and oxygen atoms in total. The summed E-state index contributed by atoms with van der Waals surface area (Å²) in [5.74, 6) is 1.48. The van der Waals surface area contributed by atoms with Crippen molar-refractivity contribution in [3.63, 3.8) is 0 Å². The molecule has 1 aliphatic rings. The van der Waals surface area contributed by atoms with Crippen LogP contribution in [-0.4, -0.2) is 71.1 Å². The molecule has 10 heteroatoms. The highest BCUT2D eigenvalue weighted by atomic mass is 32.2. The quantitative estimate of drug-likeness (QED) is 0.787. The molecule has 1 aliphatic heterocycles. The maximum Gasteiger partial charge on any atom is 0.211 e. The summed E-state index contributed by atoms with van der Waals surface area (Å²) >= 11 is 0. The zero-order chi connectivity index (χ0) is 18.0. The Morgan fingerprint density at radius 3 is 2.92 bits per heavy atom. The van der Waals surface area contributed by atoms with Gasteiger partial charge in [0.2, 0.25) is 10.0 Å². The molecule has 3 rings (SSSR count). The first kappa shape index (κ1) is 18.0. The second kappa shape index (κ2) is 7.22. The van der Waals surface area contributed by atoms with Gasteiger partial charge in [-0.1, -0.05) is 6.92 Å². The zero-order valence-corrected chi connectivity index (χ0v) is 15.6. The molecule has 0 amide bonds. The molecule has 0 saturated carbocycles. The number of fused-ring (bicyclic) bond motifs is 1. The van der Waals surface area contributed by atoms with Crippen molar-refractivity contribution in [2.24, 2.45) is 7.05 Å². The summed E-state index contributed by atoms with van der Waals surface area (Å²) in [7, 11) is -1.35. The van der Waals surface area contributed by atoms with Gasteiger partial charge in [0.25, 0.3) is 0 Å². The topological polar surface area (TPSA) is 102 Å². The normalized spacial score (nSPS) is 19.4. The highest BCUT2D eigenvalue weighted by Crippen LogP contribution is 2.20. The van der Waals surface area contributed by atoms with E-state index in [1.807, 2.05) is 7.05 Å². The summed E-state index contributed by atoms with van der Waals surface area (Å²) in [5, 5.41) is 8.39. The van der Waals surface area contributed by atoms with E-state index in [9.17, 15) is 8.42 Å². The van der Waals surface area contributed by atoms with Gasteiger partial charge in [-0.05, 0) is 6.42 Å². The standard InChI is InChI=1S/C15H24N6O3S/c1-4-5-13-18-14(12-9-17-20(2)15(12)19-13)16-8-11-10-21(6-7-24-11)25(3,22)23/h9,11H,4-8,10H2,1-3H3,(H,16,18,19)/t11-/m0/s1. The molecule has 0 aromatic carbocycles. The third kappa shape index (κ3) is 4.07. The Bertz CT molecular complexity index is 850. The van der Waals surface area contributed by atoms with Crippen molar-refractivity contribution in [1.29, 1.82) is 0 Å². The van der Waals surface area contributed by atoms with Gasteiger partial charge in [-0.2, -0.15) is 9.40 Å². The van der Waals surface area contributed by atoms with Gasteiger partial charge in [0.1, 0.15) is 11.6 Å². The van der Waals surface area contributed by atoms with E-state index in [0.717, 1.165) is 29.7 Å². The Labute approximate surface area is 147 Å². The maximum atomic E-state index is 11.7. The average molecular weight is 368 g/mol. The molecule has 0 aliphatic carbocycles. The third-order valence-electron chi connectivity index (χ3n) is 4.18. The predicted octanol–water partition coefficient (Wildman–Crippen LogP) is 0.388. The Hall–Kier alpha value is -1.78. The molecule has 0 radical (unpaired) electrons. The minimum Gasteiger partial charge on any atom is -0.374 e. The molecule has 0 unspecified atom stereocenters. The maximum absolute atomic E-state index is 11.7. The van der Waals surface area contributed by atoms with Gasteiger partial charge in [-0.3, -0.25) is 4.68 Å². The van der Waals surface area contributed by atoms with Gasteiger partial charge in [0.05, 0.1) is 30.5 Å². The molecule has 0 spiro atoms. The van der Waals surface area contributed by atoms with Gasteiger partial charge < -0.3 is 10.1 Å². The minimum atomic E-state index is -3.20. The van der Waals surface area contributed by atoms with Crippen LogP contribution in [0.15, 0.2) is 6.20 Å². The summed E-state index contributed by atoms with van der Waals surface area (Å²) in [6.45, 7) is 3.69. The fourth-order valence-electron chi connectivity index (χ4n) is 2.86. The molecular formula is C15H24N6O3S. The van der Waals surface area contributed by atoms with E-state index < -0.39 is 10.0 Å². The van der Waals surface area contributed by atoms with Crippen LogP contribution in [0.25, 0.3) is 11.0 Å². The van der Waals surface area contributed by atoms with E-state index in [-0.39, 0.29) is 6.10 Å². The fourth-order valence-corrected chi connectivity index (χ4v) is 3.71. The van der Waals surface area contributed by atoms with Crippen LogP contribution in [0, 0.1) is 0 Å². The number of aryl methyl sites for hydroxylation is 2. The van der Waals surface area contributed by atoms with Crippen LogP contribution in [0.4, 0.5) is 5.82 Å². The van der Waals surface area contributed by atoms with Crippen LogP contribution < -0.4 is 5.32 Å². The third-order valence-corrected chi connectivity index (χ3v) is 5.45. The number of rotatable bonds is 6. The number of ether oxygens (including phenoxy) is 1. The average Bonchev–Trinajstić information content (AvgIpc) is 2.94. The zero-order valence-electron chi connectivity index (χ0n) is 14.8. The summed E-state index contributed by atoms with van der Waals surface area (Å²) in [4.78, 5) is 9.15. The Kier molecular flexibility index (Phi) is 5.21. The van der Waals surface area contributed by atoms with E-state index in [1.54, 1.807) is 10.9 Å². The van der Waals surface area contributed by atoms with Crippen molar-refractivity contribution in [2.75, 3.05) is 37.8 Å². The van der Waals surface area contributed by atoms with Gasteiger partial charge in [0.15, 0.2) is 5.65 Å². The summed E-state index contributed by atoms with van der Waals surface area (Å²) in [6.07, 6.45) is 4.48. The lowest BCUT2D eigenvalue weighted by Gasteiger charge is -2.31. The van der Waals surface area contributed by atoms with Crippen LogP contribution in [0.5, 0.6) is 0 Å². The highest BCUT2D eigenvalue weighted by molar-refractivity contribution is 7.88. The number of nitrogens with one attached hydrogen (secondary N) is 1. The summed E-state index contributed by atoms with van der Waals surface area (Å²) in [5.41, 5.74) is 0.781. The van der Waals surface area contributed by atoms with Crippen molar-refractivity contribution >= 4 is 26.9 Å². The first-order chi connectivity index (χ1) is 11.9. The molecule has 2 aromatic rings. The number of aromatic nitrogens is 4.